The minimum atomic E-state index is 0.351. The van der Waals surface area contributed by atoms with Gasteiger partial charge in [-0.05, 0) is 33.6 Å². The van der Waals surface area contributed by atoms with Crippen LogP contribution in [0.25, 0.3) is 0 Å². The molecule has 1 saturated heterocycles. The van der Waals surface area contributed by atoms with Crippen molar-refractivity contribution >= 4 is 16.9 Å². The van der Waals surface area contributed by atoms with Crippen LogP contribution in [-0.2, 0) is 4.74 Å². The van der Waals surface area contributed by atoms with Crippen LogP contribution in [0.3, 0.4) is 0 Å². The Labute approximate surface area is 97.1 Å². The van der Waals surface area contributed by atoms with Crippen LogP contribution in [0.1, 0.15) is 33.6 Å². The largest absolute Gasteiger partial charge is 0.379 e. The fraction of sp³-hybridized carbons (Fsp3) is 0.909. The standard InChI is InChI=1S/C11H22N2OS/c1-9(2)14-7-5-4-6-12-11-13-10(3)8-15-11/h9-10H,4-8H2,1-3H3,(H,12,13). The van der Waals surface area contributed by atoms with Crippen LogP contribution in [0.15, 0.2) is 4.99 Å². The molecule has 1 heterocycles. The minimum Gasteiger partial charge on any atom is -0.379 e. The Hall–Kier alpha value is -0.220. The highest BCUT2D eigenvalue weighted by Gasteiger charge is 2.14. The smallest absolute Gasteiger partial charge is 0.156 e. The van der Waals surface area contributed by atoms with Crippen LogP contribution in [0.4, 0.5) is 0 Å². The molecule has 0 amide bonds. The monoisotopic (exact) mass is 230 g/mol. The zero-order chi connectivity index (χ0) is 11.1. The molecule has 15 heavy (non-hydrogen) atoms. The number of rotatable bonds is 6. The third-order valence-corrected chi connectivity index (χ3v) is 3.29. The fourth-order valence-electron chi connectivity index (χ4n) is 1.30. The molecule has 1 aliphatic rings. The molecular weight excluding hydrogens is 208 g/mol. The van der Waals surface area contributed by atoms with Gasteiger partial charge in [-0.3, -0.25) is 4.99 Å². The number of nitrogens with one attached hydrogen (secondary N) is 1. The van der Waals surface area contributed by atoms with Crippen LogP contribution < -0.4 is 5.32 Å². The number of nitrogens with zero attached hydrogens (tertiary/aromatic N) is 1. The van der Waals surface area contributed by atoms with Gasteiger partial charge in [0, 0.05) is 24.9 Å². The summed E-state index contributed by atoms with van der Waals surface area (Å²) in [6, 6.07) is 0.582. The highest BCUT2D eigenvalue weighted by atomic mass is 32.2. The average Bonchev–Trinajstić information content (AvgIpc) is 2.57. The van der Waals surface area contributed by atoms with Gasteiger partial charge in [0.25, 0.3) is 0 Å². The van der Waals surface area contributed by atoms with Gasteiger partial charge < -0.3 is 10.1 Å². The van der Waals surface area contributed by atoms with Gasteiger partial charge in [-0.2, -0.15) is 0 Å². The molecule has 1 aliphatic heterocycles. The van der Waals surface area contributed by atoms with Crippen LogP contribution in [0.5, 0.6) is 0 Å². The number of hydrogen-bond acceptors (Lipinski definition) is 3. The van der Waals surface area contributed by atoms with E-state index in [0.29, 0.717) is 12.1 Å². The van der Waals surface area contributed by atoms with Crippen molar-refractivity contribution in [2.24, 2.45) is 4.99 Å². The van der Waals surface area contributed by atoms with Gasteiger partial charge in [0.2, 0.25) is 0 Å². The summed E-state index contributed by atoms with van der Waals surface area (Å²) < 4.78 is 5.46. The molecule has 0 aromatic heterocycles. The number of amidine groups is 1. The van der Waals surface area contributed by atoms with Crippen molar-refractivity contribution < 1.29 is 4.74 Å². The molecule has 88 valence electrons. The van der Waals surface area contributed by atoms with E-state index in [9.17, 15) is 0 Å². The van der Waals surface area contributed by atoms with Gasteiger partial charge in [-0.15, -0.1) is 0 Å². The first-order chi connectivity index (χ1) is 7.18. The zero-order valence-electron chi connectivity index (χ0n) is 9.95. The van der Waals surface area contributed by atoms with Crippen molar-refractivity contribution in [2.45, 2.75) is 45.8 Å². The van der Waals surface area contributed by atoms with Crippen LogP contribution in [0, 0.1) is 0 Å². The maximum Gasteiger partial charge on any atom is 0.156 e. The second kappa shape index (κ2) is 7.12. The van der Waals surface area contributed by atoms with Crippen LogP contribution in [0.2, 0.25) is 0 Å². The summed E-state index contributed by atoms with van der Waals surface area (Å²) in [6.45, 7) is 8.11. The summed E-state index contributed by atoms with van der Waals surface area (Å²) in [5.74, 6) is 1.15. The second-order valence-electron chi connectivity index (χ2n) is 4.17. The van der Waals surface area contributed by atoms with Gasteiger partial charge in [-0.25, -0.2) is 0 Å². The maximum absolute atomic E-state index is 5.46. The lowest BCUT2D eigenvalue weighted by atomic mass is 10.3. The molecule has 0 aromatic carbocycles. The predicted molar refractivity (Wildman–Crippen MR) is 67.7 cm³/mol. The van der Waals surface area contributed by atoms with Crippen molar-refractivity contribution in [3.8, 4) is 0 Å². The Morgan fingerprint density at radius 1 is 1.53 bits per heavy atom. The predicted octanol–water partition coefficient (Wildman–Crippen LogP) is 2.27. The van der Waals surface area contributed by atoms with E-state index >= 15 is 0 Å². The molecule has 0 bridgehead atoms. The van der Waals surface area contributed by atoms with E-state index in [1.165, 1.54) is 0 Å². The highest BCUT2D eigenvalue weighted by molar-refractivity contribution is 8.14. The third kappa shape index (κ3) is 6.05. The lowest BCUT2D eigenvalue weighted by Crippen LogP contribution is -2.23. The van der Waals surface area contributed by atoms with Gasteiger partial charge in [0.15, 0.2) is 5.17 Å². The molecule has 0 aromatic rings. The molecule has 0 spiro atoms. The van der Waals surface area contributed by atoms with Gasteiger partial charge in [0.1, 0.15) is 0 Å². The van der Waals surface area contributed by atoms with E-state index in [-0.39, 0.29) is 0 Å². The third-order valence-electron chi connectivity index (χ3n) is 2.10. The van der Waals surface area contributed by atoms with Crippen molar-refractivity contribution in [3.63, 3.8) is 0 Å². The molecule has 1 N–H and O–H groups in total. The molecule has 0 saturated carbocycles. The lowest BCUT2D eigenvalue weighted by Gasteiger charge is -2.06. The van der Waals surface area contributed by atoms with E-state index in [4.69, 9.17) is 4.74 Å². The Morgan fingerprint density at radius 2 is 2.33 bits per heavy atom. The first-order valence-corrected chi connectivity index (χ1v) is 6.72. The van der Waals surface area contributed by atoms with E-state index in [2.05, 4.69) is 31.1 Å². The number of thioether (sulfide) groups is 1. The molecule has 1 atom stereocenters. The van der Waals surface area contributed by atoms with Crippen molar-refractivity contribution in [2.75, 3.05) is 18.9 Å². The van der Waals surface area contributed by atoms with Gasteiger partial charge >= 0.3 is 0 Å². The number of hydrogen-bond donors (Lipinski definition) is 1. The Morgan fingerprint density at radius 3 is 2.93 bits per heavy atom. The normalized spacial score (nSPS) is 23.7. The van der Waals surface area contributed by atoms with E-state index in [0.717, 1.165) is 36.9 Å². The number of unbranched alkanes of at least 4 members (excludes halogenated alkanes) is 1. The average molecular weight is 230 g/mol. The summed E-state index contributed by atoms with van der Waals surface area (Å²) >= 11 is 1.83. The maximum atomic E-state index is 5.46. The lowest BCUT2D eigenvalue weighted by molar-refractivity contribution is 0.0764. The van der Waals surface area contributed by atoms with E-state index in [1.807, 2.05) is 11.8 Å². The van der Waals surface area contributed by atoms with Crippen molar-refractivity contribution in [3.05, 3.63) is 0 Å². The minimum absolute atomic E-state index is 0.351. The van der Waals surface area contributed by atoms with Crippen molar-refractivity contribution in [1.82, 2.24) is 5.32 Å². The number of aliphatic imine (C=N–C) groups is 1. The van der Waals surface area contributed by atoms with Gasteiger partial charge in [0.05, 0.1) is 6.10 Å². The SMILES string of the molecule is CC1CSC(=NCCCCOC(C)C)N1. The molecular formula is C11H22N2OS. The summed E-state index contributed by atoms with van der Waals surface area (Å²) in [5.41, 5.74) is 0. The summed E-state index contributed by atoms with van der Waals surface area (Å²) in [4.78, 5) is 4.50. The van der Waals surface area contributed by atoms with Crippen molar-refractivity contribution in [1.29, 1.82) is 0 Å². The highest BCUT2D eigenvalue weighted by Crippen LogP contribution is 2.12. The van der Waals surface area contributed by atoms with E-state index < -0.39 is 0 Å². The topological polar surface area (TPSA) is 33.6 Å². The Bertz CT molecular complexity index is 207. The molecule has 0 aliphatic carbocycles. The molecule has 4 heteroatoms. The summed E-state index contributed by atoms with van der Waals surface area (Å²) in [5, 5.41) is 4.46. The van der Waals surface area contributed by atoms with Crippen LogP contribution in [-0.4, -0.2) is 36.2 Å². The molecule has 1 rings (SSSR count). The molecule has 0 radical (unpaired) electrons. The van der Waals surface area contributed by atoms with E-state index in [1.54, 1.807) is 0 Å². The quantitative estimate of drug-likeness (QED) is 0.711. The Balaban J connectivity index is 1.97. The first-order valence-electron chi connectivity index (χ1n) is 5.74. The molecule has 3 nitrogen and oxygen atoms in total. The molecule has 1 unspecified atom stereocenters. The van der Waals surface area contributed by atoms with Gasteiger partial charge in [-0.1, -0.05) is 11.8 Å². The second-order valence-corrected chi connectivity index (χ2v) is 5.18. The first kappa shape index (κ1) is 12.8. The van der Waals surface area contributed by atoms with Crippen LogP contribution >= 0.6 is 11.8 Å². The summed E-state index contributed by atoms with van der Waals surface area (Å²) in [7, 11) is 0. The molecule has 1 fully saturated rings. The number of ether oxygens (including phenoxy) is 1. The zero-order valence-corrected chi connectivity index (χ0v) is 10.8. The Kier molecular flexibility index (Phi) is 6.10. The fourth-order valence-corrected chi connectivity index (χ4v) is 2.26. The summed E-state index contributed by atoms with van der Waals surface area (Å²) in [6.07, 6.45) is 2.58.